The zero-order valence-electron chi connectivity index (χ0n) is 15.2. The predicted octanol–water partition coefficient (Wildman–Crippen LogP) is 4.20. The van der Waals surface area contributed by atoms with Crippen LogP contribution in [0.1, 0.15) is 49.7 Å². The monoisotopic (exact) mass is 338 g/mol. The Morgan fingerprint density at radius 2 is 1.48 bits per heavy atom. The number of Topliss-reactive ketones (excluding diaryl/α,β-unsaturated/α-hetero) is 1. The average molecular weight is 338 g/mol. The first kappa shape index (κ1) is 18.9. The van der Waals surface area contributed by atoms with E-state index in [9.17, 15) is 9.59 Å². The number of nitrogens with one attached hydrogen (secondary N) is 2. The summed E-state index contributed by atoms with van der Waals surface area (Å²) in [5, 5.41) is 6.27. The van der Waals surface area contributed by atoms with Crippen LogP contribution in [-0.4, -0.2) is 17.7 Å². The molecule has 0 aliphatic carbocycles. The molecule has 0 aliphatic rings. The Morgan fingerprint density at radius 1 is 0.880 bits per heavy atom. The van der Waals surface area contributed by atoms with E-state index < -0.39 is 6.04 Å². The number of anilines is 1. The molecule has 0 aliphatic heterocycles. The molecule has 0 spiro atoms. The lowest BCUT2D eigenvalue weighted by Crippen LogP contribution is -2.41. The molecule has 2 N–H and O–H groups in total. The first-order valence-corrected chi connectivity index (χ1v) is 8.62. The number of hydrogen-bond acceptors (Lipinski definition) is 3. The van der Waals surface area contributed by atoms with Gasteiger partial charge in [0.2, 0.25) is 5.91 Å². The summed E-state index contributed by atoms with van der Waals surface area (Å²) >= 11 is 0. The standard InChI is InChI=1S/C21H26N2O2/c1-14(2)20(17-10-6-5-7-11-17)22-15(3)21(25)23-19-13-9-8-12-18(19)16(4)24/h5-15,20,22H,1-4H3,(H,23,25)/t15-,20-/m0/s1. The van der Waals surface area contributed by atoms with Gasteiger partial charge in [-0.2, -0.15) is 0 Å². The number of carbonyl (C=O) groups is 2. The highest BCUT2D eigenvalue weighted by molar-refractivity contribution is 6.04. The average Bonchev–Trinajstić information content (AvgIpc) is 2.60. The molecule has 0 heterocycles. The van der Waals surface area contributed by atoms with Crippen molar-refractivity contribution >= 4 is 17.4 Å². The van der Waals surface area contributed by atoms with Crippen LogP contribution in [0.5, 0.6) is 0 Å². The smallest absolute Gasteiger partial charge is 0.241 e. The second kappa shape index (κ2) is 8.58. The summed E-state index contributed by atoms with van der Waals surface area (Å²) in [6.07, 6.45) is 0. The van der Waals surface area contributed by atoms with Crippen molar-refractivity contribution in [3.05, 3.63) is 65.7 Å². The summed E-state index contributed by atoms with van der Waals surface area (Å²) in [5.74, 6) is 0.110. The van der Waals surface area contributed by atoms with Gasteiger partial charge in [-0.05, 0) is 37.5 Å². The van der Waals surface area contributed by atoms with Crippen LogP contribution >= 0.6 is 0 Å². The van der Waals surface area contributed by atoms with E-state index in [1.54, 1.807) is 24.3 Å². The summed E-state index contributed by atoms with van der Waals surface area (Å²) in [6, 6.07) is 16.9. The van der Waals surface area contributed by atoms with E-state index in [1.165, 1.54) is 6.92 Å². The Hall–Kier alpha value is -2.46. The first-order valence-electron chi connectivity index (χ1n) is 8.62. The van der Waals surface area contributed by atoms with Crippen LogP contribution in [0.15, 0.2) is 54.6 Å². The fourth-order valence-corrected chi connectivity index (χ4v) is 2.82. The van der Waals surface area contributed by atoms with Gasteiger partial charge in [0, 0.05) is 11.6 Å². The normalized spacial score (nSPS) is 13.3. The van der Waals surface area contributed by atoms with Crippen molar-refractivity contribution in [1.29, 1.82) is 0 Å². The van der Waals surface area contributed by atoms with Crippen LogP contribution in [-0.2, 0) is 4.79 Å². The third kappa shape index (κ3) is 5.00. The van der Waals surface area contributed by atoms with E-state index in [2.05, 4.69) is 36.6 Å². The molecule has 0 saturated heterocycles. The van der Waals surface area contributed by atoms with Gasteiger partial charge in [0.25, 0.3) is 0 Å². The molecule has 2 aromatic carbocycles. The fourth-order valence-electron chi connectivity index (χ4n) is 2.82. The van der Waals surface area contributed by atoms with Crippen LogP contribution in [0.3, 0.4) is 0 Å². The van der Waals surface area contributed by atoms with E-state index in [4.69, 9.17) is 0 Å². The minimum absolute atomic E-state index is 0.0687. The maximum Gasteiger partial charge on any atom is 0.241 e. The Bertz CT molecular complexity index is 726. The highest BCUT2D eigenvalue weighted by atomic mass is 16.2. The van der Waals surface area contributed by atoms with Crippen LogP contribution < -0.4 is 10.6 Å². The number of rotatable bonds is 7. The molecule has 4 nitrogen and oxygen atoms in total. The molecule has 0 radical (unpaired) electrons. The number of amides is 1. The van der Waals surface area contributed by atoms with Gasteiger partial charge in [0.1, 0.15) is 0 Å². The fraction of sp³-hybridized carbons (Fsp3) is 0.333. The summed E-state index contributed by atoms with van der Waals surface area (Å²) < 4.78 is 0. The minimum atomic E-state index is -0.396. The molecule has 4 heteroatoms. The molecule has 0 fully saturated rings. The van der Waals surface area contributed by atoms with Gasteiger partial charge >= 0.3 is 0 Å². The minimum Gasteiger partial charge on any atom is -0.324 e. The lowest BCUT2D eigenvalue weighted by Gasteiger charge is -2.26. The molecule has 25 heavy (non-hydrogen) atoms. The van der Waals surface area contributed by atoms with E-state index >= 15 is 0 Å². The molecule has 0 saturated carbocycles. The Morgan fingerprint density at radius 3 is 2.08 bits per heavy atom. The van der Waals surface area contributed by atoms with Crippen LogP contribution in [0.25, 0.3) is 0 Å². The van der Waals surface area contributed by atoms with Crippen molar-refractivity contribution < 1.29 is 9.59 Å². The maximum absolute atomic E-state index is 12.6. The quantitative estimate of drug-likeness (QED) is 0.744. The number of carbonyl (C=O) groups excluding carboxylic acids is 2. The van der Waals surface area contributed by atoms with E-state index in [-0.39, 0.29) is 17.7 Å². The zero-order valence-corrected chi connectivity index (χ0v) is 15.2. The second-order valence-electron chi connectivity index (χ2n) is 6.61. The highest BCUT2D eigenvalue weighted by Crippen LogP contribution is 2.22. The second-order valence-corrected chi connectivity index (χ2v) is 6.61. The summed E-state index contributed by atoms with van der Waals surface area (Å²) in [7, 11) is 0. The van der Waals surface area contributed by atoms with Gasteiger partial charge in [0.05, 0.1) is 11.7 Å². The van der Waals surface area contributed by atoms with Gasteiger partial charge in [-0.1, -0.05) is 56.3 Å². The predicted molar refractivity (Wildman–Crippen MR) is 102 cm³/mol. The molecule has 2 atom stereocenters. The molecule has 0 aromatic heterocycles. The van der Waals surface area contributed by atoms with Gasteiger partial charge in [-0.15, -0.1) is 0 Å². The summed E-state index contributed by atoms with van der Waals surface area (Å²) in [4.78, 5) is 24.3. The van der Waals surface area contributed by atoms with Crippen molar-refractivity contribution in [3.8, 4) is 0 Å². The van der Waals surface area contributed by atoms with Crippen molar-refractivity contribution in [2.45, 2.75) is 39.8 Å². The Labute approximate surface area is 149 Å². The van der Waals surface area contributed by atoms with E-state index in [0.717, 1.165) is 5.56 Å². The number of para-hydroxylation sites is 1. The van der Waals surface area contributed by atoms with Gasteiger partial charge in [0.15, 0.2) is 5.78 Å². The molecule has 132 valence electrons. The molecule has 0 unspecified atom stereocenters. The number of ketones is 1. The van der Waals surface area contributed by atoms with Crippen molar-refractivity contribution in [3.63, 3.8) is 0 Å². The van der Waals surface area contributed by atoms with Crippen molar-refractivity contribution in [1.82, 2.24) is 5.32 Å². The first-order chi connectivity index (χ1) is 11.9. The maximum atomic E-state index is 12.6. The summed E-state index contributed by atoms with van der Waals surface area (Å²) in [5.41, 5.74) is 2.22. The molecule has 1 amide bonds. The number of benzene rings is 2. The van der Waals surface area contributed by atoms with E-state index in [0.29, 0.717) is 17.2 Å². The van der Waals surface area contributed by atoms with E-state index in [1.807, 2.05) is 25.1 Å². The zero-order chi connectivity index (χ0) is 18.4. The molecule has 2 rings (SSSR count). The topological polar surface area (TPSA) is 58.2 Å². The largest absolute Gasteiger partial charge is 0.324 e. The van der Waals surface area contributed by atoms with Gasteiger partial charge in [-0.3, -0.25) is 14.9 Å². The van der Waals surface area contributed by atoms with Crippen LogP contribution in [0, 0.1) is 5.92 Å². The van der Waals surface area contributed by atoms with Gasteiger partial charge in [-0.25, -0.2) is 0 Å². The summed E-state index contributed by atoms with van der Waals surface area (Å²) in [6.45, 7) is 7.58. The highest BCUT2D eigenvalue weighted by Gasteiger charge is 2.22. The third-order valence-electron chi connectivity index (χ3n) is 4.21. The van der Waals surface area contributed by atoms with Crippen LogP contribution in [0.2, 0.25) is 0 Å². The number of hydrogen-bond donors (Lipinski definition) is 2. The third-order valence-corrected chi connectivity index (χ3v) is 4.21. The molecule has 0 bridgehead atoms. The van der Waals surface area contributed by atoms with Crippen molar-refractivity contribution in [2.75, 3.05) is 5.32 Å². The molecule has 2 aromatic rings. The lowest BCUT2D eigenvalue weighted by atomic mass is 9.95. The van der Waals surface area contributed by atoms with Crippen molar-refractivity contribution in [2.24, 2.45) is 5.92 Å². The Kier molecular flexibility index (Phi) is 6.48. The molecular formula is C21H26N2O2. The lowest BCUT2D eigenvalue weighted by molar-refractivity contribution is -0.118. The van der Waals surface area contributed by atoms with Crippen LogP contribution in [0.4, 0.5) is 5.69 Å². The van der Waals surface area contributed by atoms with Gasteiger partial charge < -0.3 is 5.32 Å². The molecular weight excluding hydrogens is 312 g/mol. The SMILES string of the molecule is CC(=O)c1ccccc1NC(=O)[C@H](C)N[C@H](c1ccccc1)C(C)C. The Balaban J connectivity index is 2.10.